The zero-order chi connectivity index (χ0) is 19.5. The van der Waals surface area contributed by atoms with E-state index >= 15 is 0 Å². The first-order chi connectivity index (χ1) is 12.8. The first-order valence-corrected chi connectivity index (χ1v) is 10.6. The third-order valence-electron chi connectivity index (χ3n) is 5.86. The first kappa shape index (κ1) is 18.9. The fourth-order valence-corrected chi connectivity index (χ4v) is 6.02. The van der Waals surface area contributed by atoms with Gasteiger partial charge in [0, 0.05) is 16.1 Å². The molecule has 1 amide bonds. The van der Waals surface area contributed by atoms with Crippen LogP contribution in [-0.2, 0) is 23.9 Å². The lowest BCUT2D eigenvalue weighted by molar-refractivity contribution is -0.157. The highest BCUT2D eigenvalue weighted by atomic mass is 79.9. The molecule has 2 bridgehead atoms. The van der Waals surface area contributed by atoms with Crippen LogP contribution in [0.4, 0.5) is 5.69 Å². The summed E-state index contributed by atoms with van der Waals surface area (Å²) in [7, 11) is 0. The second-order valence-electron chi connectivity index (χ2n) is 7.54. The summed E-state index contributed by atoms with van der Waals surface area (Å²) in [5.41, 5.74) is 2.65. The summed E-state index contributed by atoms with van der Waals surface area (Å²) in [6, 6.07) is 3.69. The molecule has 1 saturated heterocycles. The summed E-state index contributed by atoms with van der Waals surface area (Å²) in [5, 5.41) is 2.74. The molecular formula is C19H19Br2NO5. The number of amides is 1. The Bertz CT molecular complexity index is 818. The van der Waals surface area contributed by atoms with Crippen LogP contribution in [0.5, 0.6) is 0 Å². The number of rotatable bonds is 4. The molecule has 3 aliphatic rings. The number of benzene rings is 1. The third kappa shape index (κ3) is 3.10. The van der Waals surface area contributed by atoms with Gasteiger partial charge < -0.3 is 14.8 Å². The summed E-state index contributed by atoms with van der Waals surface area (Å²) in [6.45, 7) is 3.50. The maximum Gasteiger partial charge on any atom is 0.310 e. The van der Waals surface area contributed by atoms with Gasteiger partial charge in [0.15, 0.2) is 6.61 Å². The van der Waals surface area contributed by atoms with E-state index in [0.29, 0.717) is 5.69 Å². The van der Waals surface area contributed by atoms with E-state index in [1.54, 1.807) is 0 Å². The van der Waals surface area contributed by atoms with Gasteiger partial charge in [0.1, 0.15) is 6.10 Å². The lowest BCUT2D eigenvalue weighted by atomic mass is 9.80. The molecular weight excluding hydrogens is 482 g/mol. The van der Waals surface area contributed by atoms with Crippen LogP contribution in [0.15, 0.2) is 16.6 Å². The minimum absolute atomic E-state index is 0.0174. The highest BCUT2D eigenvalue weighted by Crippen LogP contribution is 2.60. The molecule has 1 heterocycles. The van der Waals surface area contributed by atoms with Crippen molar-refractivity contribution in [3.63, 3.8) is 0 Å². The molecule has 144 valence electrons. The number of aryl methyl sites for hydroxylation is 2. The molecule has 0 aromatic heterocycles. The van der Waals surface area contributed by atoms with Crippen molar-refractivity contribution in [1.82, 2.24) is 0 Å². The maximum atomic E-state index is 12.6. The van der Waals surface area contributed by atoms with Gasteiger partial charge in [0.05, 0.1) is 16.7 Å². The maximum absolute atomic E-state index is 12.6. The number of carbonyl (C=O) groups excluding carboxylic acids is 3. The molecule has 0 unspecified atom stereocenters. The van der Waals surface area contributed by atoms with Gasteiger partial charge in [-0.3, -0.25) is 14.4 Å². The Morgan fingerprint density at radius 3 is 2.59 bits per heavy atom. The van der Waals surface area contributed by atoms with Gasteiger partial charge in [0.25, 0.3) is 5.91 Å². The number of hydrogen-bond donors (Lipinski definition) is 1. The Hall–Kier alpha value is -1.41. The largest absolute Gasteiger partial charge is 0.461 e. The van der Waals surface area contributed by atoms with Crippen LogP contribution in [0.3, 0.4) is 0 Å². The van der Waals surface area contributed by atoms with E-state index in [-0.39, 0.29) is 35.3 Å². The third-order valence-corrected chi connectivity index (χ3v) is 8.31. The molecule has 1 N–H and O–H groups in total. The van der Waals surface area contributed by atoms with Gasteiger partial charge in [-0.15, -0.1) is 0 Å². The summed E-state index contributed by atoms with van der Waals surface area (Å²) in [4.78, 5) is 36.8. The van der Waals surface area contributed by atoms with Gasteiger partial charge >= 0.3 is 11.9 Å². The Morgan fingerprint density at radius 2 is 1.93 bits per heavy atom. The van der Waals surface area contributed by atoms with E-state index in [4.69, 9.17) is 9.47 Å². The molecule has 0 spiro atoms. The molecule has 1 aliphatic heterocycles. The zero-order valence-electron chi connectivity index (χ0n) is 14.8. The minimum atomic E-state index is -0.532. The molecule has 4 rings (SSSR count). The Balaban J connectivity index is 1.37. The molecule has 6 nitrogen and oxygen atoms in total. The minimum Gasteiger partial charge on any atom is -0.461 e. The fourth-order valence-electron chi connectivity index (χ4n) is 4.74. The molecule has 27 heavy (non-hydrogen) atoms. The number of nitrogens with one attached hydrogen (secondary N) is 1. The van der Waals surface area contributed by atoms with Crippen LogP contribution in [0.1, 0.15) is 17.5 Å². The normalized spacial score (nSPS) is 33.1. The van der Waals surface area contributed by atoms with Gasteiger partial charge in [-0.2, -0.15) is 0 Å². The van der Waals surface area contributed by atoms with E-state index in [9.17, 15) is 14.4 Å². The molecule has 2 saturated carbocycles. The highest BCUT2D eigenvalue weighted by molar-refractivity contribution is 9.10. The zero-order valence-corrected chi connectivity index (χ0v) is 18.0. The predicted octanol–water partition coefficient (Wildman–Crippen LogP) is 3.12. The number of ether oxygens (including phenoxy) is 2. The quantitative estimate of drug-likeness (QED) is 0.507. The number of alkyl halides is 1. The second-order valence-corrected chi connectivity index (χ2v) is 9.39. The smallest absolute Gasteiger partial charge is 0.310 e. The van der Waals surface area contributed by atoms with Gasteiger partial charge in [-0.1, -0.05) is 31.9 Å². The lowest BCUT2D eigenvalue weighted by Crippen LogP contribution is -2.39. The van der Waals surface area contributed by atoms with E-state index in [1.807, 2.05) is 26.0 Å². The van der Waals surface area contributed by atoms with Crippen molar-refractivity contribution in [2.24, 2.45) is 23.7 Å². The molecule has 0 radical (unpaired) electrons. The van der Waals surface area contributed by atoms with E-state index in [1.165, 1.54) is 0 Å². The van der Waals surface area contributed by atoms with Crippen LogP contribution in [0, 0.1) is 37.5 Å². The predicted molar refractivity (Wildman–Crippen MR) is 104 cm³/mol. The molecule has 2 aliphatic carbocycles. The molecule has 3 fully saturated rings. The number of esters is 2. The average Bonchev–Trinajstić information content (AvgIpc) is 3.21. The molecule has 6 atom stereocenters. The number of carbonyl (C=O) groups is 3. The van der Waals surface area contributed by atoms with Crippen molar-refractivity contribution in [3.8, 4) is 0 Å². The van der Waals surface area contributed by atoms with Gasteiger partial charge in [0.2, 0.25) is 0 Å². The fraction of sp³-hybridized carbons (Fsp3) is 0.526. The van der Waals surface area contributed by atoms with Crippen LogP contribution in [-0.4, -0.2) is 35.4 Å². The Morgan fingerprint density at radius 1 is 1.26 bits per heavy atom. The Labute approximate surface area is 173 Å². The van der Waals surface area contributed by atoms with E-state index < -0.39 is 23.7 Å². The van der Waals surface area contributed by atoms with Crippen LogP contribution in [0.2, 0.25) is 0 Å². The number of fused-ring (bicyclic) bond motifs is 1. The lowest BCUT2D eigenvalue weighted by Gasteiger charge is -2.26. The van der Waals surface area contributed by atoms with E-state index in [2.05, 4.69) is 37.2 Å². The molecule has 8 heteroatoms. The van der Waals surface area contributed by atoms with Gasteiger partial charge in [-0.05, 0) is 49.4 Å². The van der Waals surface area contributed by atoms with Crippen molar-refractivity contribution < 1.29 is 23.9 Å². The van der Waals surface area contributed by atoms with Crippen molar-refractivity contribution in [1.29, 1.82) is 0 Å². The molecule has 1 aromatic carbocycles. The first-order valence-electron chi connectivity index (χ1n) is 8.85. The van der Waals surface area contributed by atoms with Crippen LogP contribution in [0.25, 0.3) is 0 Å². The van der Waals surface area contributed by atoms with E-state index in [0.717, 1.165) is 22.0 Å². The summed E-state index contributed by atoms with van der Waals surface area (Å²) >= 11 is 7.05. The van der Waals surface area contributed by atoms with Crippen molar-refractivity contribution in [3.05, 3.63) is 27.7 Å². The average molecular weight is 501 g/mol. The second kappa shape index (κ2) is 6.88. The summed E-state index contributed by atoms with van der Waals surface area (Å²) in [5.74, 6) is -2.09. The van der Waals surface area contributed by atoms with Crippen molar-refractivity contribution >= 4 is 55.4 Å². The molecule has 1 aromatic rings. The highest BCUT2D eigenvalue weighted by Gasteiger charge is 2.68. The number of anilines is 1. The summed E-state index contributed by atoms with van der Waals surface area (Å²) < 4.78 is 11.6. The monoisotopic (exact) mass is 499 g/mol. The number of hydrogen-bond acceptors (Lipinski definition) is 5. The SMILES string of the molecule is Cc1cc(NC(=O)COC(=O)[C@@H]2[C@H]3C[C@H]4[C@H](OC(=O)[C@H]42)[C@H]3Br)cc(C)c1Br. The van der Waals surface area contributed by atoms with Crippen LogP contribution < -0.4 is 5.32 Å². The standard InChI is InChI=1S/C19H19Br2NO5/c1-7-3-9(4-8(2)15(7)20)22-12(23)6-26-18(24)13-10-5-11-14(13)19(25)27-17(11)16(10)21/h3-4,10-11,13-14,16-17H,5-6H2,1-2H3,(H,22,23)/t10-,11-,13-,14-,16+,17+/m1/s1. The van der Waals surface area contributed by atoms with Gasteiger partial charge in [-0.25, -0.2) is 0 Å². The Kier molecular flexibility index (Phi) is 4.83. The summed E-state index contributed by atoms with van der Waals surface area (Å²) in [6.07, 6.45) is 0.643. The number of halogens is 2. The van der Waals surface area contributed by atoms with Crippen molar-refractivity contribution in [2.75, 3.05) is 11.9 Å². The van der Waals surface area contributed by atoms with Crippen molar-refractivity contribution in [2.45, 2.75) is 31.2 Å². The topological polar surface area (TPSA) is 81.7 Å². The van der Waals surface area contributed by atoms with Crippen LogP contribution >= 0.6 is 31.9 Å².